The summed E-state index contributed by atoms with van der Waals surface area (Å²) in [4.78, 5) is 13.9. The van der Waals surface area contributed by atoms with Crippen molar-refractivity contribution in [2.45, 2.75) is 4.21 Å². The molecular weight excluding hydrogens is 455 g/mol. The van der Waals surface area contributed by atoms with Crippen molar-refractivity contribution in [3.63, 3.8) is 0 Å². The molecule has 0 radical (unpaired) electrons. The van der Waals surface area contributed by atoms with E-state index in [4.69, 9.17) is 11.6 Å². The minimum absolute atomic E-state index is 0.0236. The predicted molar refractivity (Wildman–Crippen MR) is 98.1 cm³/mol. The maximum atomic E-state index is 14.0. The molecule has 0 spiro atoms. The van der Waals surface area contributed by atoms with Gasteiger partial charge in [0, 0.05) is 30.7 Å². The Morgan fingerprint density at radius 2 is 1.84 bits per heavy atom. The monoisotopic (exact) mass is 466 g/mol. The quantitative estimate of drug-likeness (QED) is 0.695. The van der Waals surface area contributed by atoms with Crippen LogP contribution in [-0.4, -0.2) is 49.7 Å². The van der Waals surface area contributed by atoms with Crippen LogP contribution in [0.2, 0.25) is 4.34 Å². The Balaban J connectivity index is 1.70. The first kappa shape index (κ1) is 18.8. The number of piperazine rings is 1. The summed E-state index contributed by atoms with van der Waals surface area (Å²) < 4.78 is 41.5. The lowest BCUT2D eigenvalue weighted by Crippen LogP contribution is -2.50. The van der Waals surface area contributed by atoms with Gasteiger partial charge in [-0.15, -0.1) is 11.3 Å². The zero-order valence-corrected chi connectivity index (χ0v) is 16.8. The first-order chi connectivity index (χ1) is 11.8. The molecule has 10 heteroatoms. The Hall–Kier alpha value is -1.000. The molecular formula is C15H13BrClFN2O3S2. The fraction of sp³-hybridized carbons (Fsp3) is 0.267. The van der Waals surface area contributed by atoms with Gasteiger partial charge in [-0.25, -0.2) is 12.8 Å². The SMILES string of the molecule is O=C(c1ccc(Br)cc1F)N1CCN(S(=O)(=O)c2ccc(Cl)s2)CC1. The third-order valence-electron chi connectivity index (χ3n) is 3.83. The van der Waals surface area contributed by atoms with Gasteiger partial charge in [-0.05, 0) is 30.3 Å². The molecule has 25 heavy (non-hydrogen) atoms. The van der Waals surface area contributed by atoms with E-state index in [-0.39, 0.29) is 36.0 Å². The Bertz CT molecular complexity index is 911. The smallest absolute Gasteiger partial charge is 0.256 e. The van der Waals surface area contributed by atoms with Crippen LogP contribution in [-0.2, 0) is 10.0 Å². The van der Waals surface area contributed by atoms with Crippen molar-refractivity contribution in [3.8, 4) is 0 Å². The zero-order valence-electron chi connectivity index (χ0n) is 12.8. The predicted octanol–water partition coefficient (Wildman–Crippen LogP) is 3.45. The second-order valence-electron chi connectivity index (χ2n) is 5.38. The average molecular weight is 468 g/mol. The molecule has 0 atom stereocenters. The molecule has 0 N–H and O–H groups in total. The molecule has 2 heterocycles. The lowest BCUT2D eigenvalue weighted by Gasteiger charge is -2.33. The fourth-order valence-corrected chi connectivity index (χ4v) is 5.92. The highest BCUT2D eigenvalue weighted by molar-refractivity contribution is 9.10. The zero-order chi connectivity index (χ0) is 18.2. The number of hydrogen-bond acceptors (Lipinski definition) is 4. The normalized spacial score (nSPS) is 16.2. The van der Waals surface area contributed by atoms with Gasteiger partial charge in [0.05, 0.1) is 9.90 Å². The van der Waals surface area contributed by atoms with Crippen molar-refractivity contribution in [2.24, 2.45) is 0 Å². The lowest BCUT2D eigenvalue weighted by molar-refractivity contribution is 0.0693. The van der Waals surface area contributed by atoms with E-state index in [0.29, 0.717) is 8.81 Å². The first-order valence-corrected chi connectivity index (χ1v) is 10.7. The van der Waals surface area contributed by atoms with Crippen molar-refractivity contribution >= 4 is 54.8 Å². The number of carbonyl (C=O) groups excluding carboxylic acids is 1. The van der Waals surface area contributed by atoms with Crippen molar-refractivity contribution in [3.05, 3.63) is 50.5 Å². The molecule has 0 saturated carbocycles. The van der Waals surface area contributed by atoms with Crippen molar-refractivity contribution < 1.29 is 17.6 Å². The molecule has 1 aliphatic rings. The summed E-state index contributed by atoms with van der Waals surface area (Å²) in [5, 5.41) is 0. The van der Waals surface area contributed by atoms with E-state index < -0.39 is 21.7 Å². The molecule has 0 aliphatic carbocycles. The van der Waals surface area contributed by atoms with E-state index >= 15 is 0 Å². The Morgan fingerprint density at radius 1 is 1.16 bits per heavy atom. The minimum atomic E-state index is -3.62. The largest absolute Gasteiger partial charge is 0.336 e. The van der Waals surface area contributed by atoms with Gasteiger partial charge in [-0.2, -0.15) is 4.31 Å². The maximum absolute atomic E-state index is 14.0. The average Bonchev–Trinajstić information content (AvgIpc) is 3.02. The molecule has 0 unspecified atom stereocenters. The number of nitrogens with zero attached hydrogens (tertiary/aromatic N) is 2. The van der Waals surface area contributed by atoms with Gasteiger partial charge < -0.3 is 4.90 Å². The van der Waals surface area contributed by atoms with Crippen LogP contribution in [0.3, 0.4) is 0 Å². The van der Waals surface area contributed by atoms with Gasteiger partial charge in [0.25, 0.3) is 15.9 Å². The van der Waals surface area contributed by atoms with Gasteiger partial charge >= 0.3 is 0 Å². The molecule has 1 aromatic heterocycles. The standard InChI is InChI=1S/C15H13BrClFN2O3S2/c16-10-1-2-11(12(18)9-10)15(21)19-5-7-20(8-6-19)25(22,23)14-4-3-13(17)24-14/h1-4,9H,5-8H2. The van der Waals surface area contributed by atoms with Crippen molar-refractivity contribution in [1.29, 1.82) is 0 Å². The number of halogens is 3. The van der Waals surface area contributed by atoms with E-state index in [2.05, 4.69) is 15.9 Å². The number of thiophene rings is 1. The van der Waals surface area contributed by atoms with Crippen LogP contribution in [0.15, 0.2) is 39.0 Å². The summed E-state index contributed by atoms with van der Waals surface area (Å²) in [6, 6.07) is 7.25. The summed E-state index contributed by atoms with van der Waals surface area (Å²) in [7, 11) is -3.62. The second-order valence-corrected chi connectivity index (χ2v) is 10.2. The number of hydrogen-bond donors (Lipinski definition) is 0. The third kappa shape index (κ3) is 3.90. The lowest BCUT2D eigenvalue weighted by atomic mass is 10.1. The Morgan fingerprint density at radius 3 is 2.40 bits per heavy atom. The van der Waals surface area contributed by atoms with E-state index in [1.54, 1.807) is 6.07 Å². The molecule has 0 bridgehead atoms. The van der Waals surface area contributed by atoms with Gasteiger partial charge in [-0.1, -0.05) is 27.5 Å². The molecule has 5 nitrogen and oxygen atoms in total. The van der Waals surface area contributed by atoms with Crippen LogP contribution < -0.4 is 0 Å². The van der Waals surface area contributed by atoms with Gasteiger partial charge in [0.1, 0.15) is 10.0 Å². The highest BCUT2D eigenvalue weighted by Crippen LogP contribution is 2.28. The molecule has 3 rings (SSSR count). The van der Waals surface area contributed by atoms with Crippen LogP contribution in [0.1, 0.15) is 10.4 Å². The second kappa shape index (κ2) is 7.32. The van der Waals surface area contributed by atoms with E-state index in [1.165, 1.54) is 33.5 Å². The van der Waals surface area contributed by atoms with Gasteiger partial charge in [-0.3, -0.25) is 4.79 Å². The Kier molecular flexibility index (Phi) is 5.50. The molecule has 1 aliphatic heterocycles. The van der Waals surface area contributed by atoms with Crippen LogP contribution in [0, 0.1) is 5.82 Å². The topological polar surface area (TPSA) is 57.7 Å². The summed E-state index contributed by atoms with van der Waals surface area (Å²) in [6.07, 6.45) is 0. The van der Waals surface area contributed by atoms with Crippen LogP contribution in [0.25, 0.3) is 0 Å². The van der Waals surface area contributed by atoms with Crippen molar-refractivity contribution in [2.75, 3.05) is 26.2 Å². The summed E-state index contributed by atoms with van der Waals surface area (Å²) in [5.41, 5.74) is -0.0236. The highest BCUT2D eigenvalue weighted by Gasteiger charge is 2.32. The van der Waals surface area contributed by atoms with Crippen molar-refractivity contribution in [1.82, 2.24) is 9.21 Å². The third-order valence-corrected chi connectivity index (χ3v) is 7.92. The first-order valence-electron chi connectivity index (χ1n) is 7.29. The number of benzene rings is 1. The molecule has 134 valence electrons. The fourth-order valence-electron chi connectivity index (χ4n) is 2.53. The number of amides is 1. The number of rotatable bonds is 3. The van der Waals surface area contributed by atoms with Gasteiger partial charge in [0.15, 0.2) is 0 Å². The summed E-state index contributed by atoms with van der Waals surface area (Å²) >= 11 is 9.95. The summed E-state index contributed by atoms with van der Waals surface area (Å²) in [6.45, 7) is 0.711. The Labute approximate surface area is 162 Å². The number of sulfonamides is 1. The molecule has 1 fully saturated rings. The highest BCUT2D eigenvalue weighted by atomic mass is 79.9. The molecule has 1 amide bonds. The molecule has 1 aromatic carbocycles. The molecule has 2 aromatic rings. The van der Waals surface area contributed by atoms with Gasteiger partial charge in [0.2, 0.25) is 0 Å². The van der Waals surface area contributed by atoms with Crippen LogP contribution >= 0.6 is 38.9 Å². The summed E-state index contributed by atoms with van der Waals surface area (Å²) in [5.74, 6) is -1.05. The van der Waals surface area contributed by atoms with E-state index in [9.17, 15) is 17.6 Å². The van der Waals surface area contributed by atoms with E-state index in [1.807, 2.05) is 0 Å². The van der Waals surface area contributed by atoms with E-state index in [0.717, 1.165) is 11.3 Å². The maximum Gasteiger partial charge on any atom is 0.256 e. The van der Waals surface area contributed by atoms with Crippen LogP contribution in [0.5, 0.6) is 0 Å². The van der Waals surface area contributed by atoms with Crippen LogP contribution in [0.4, 0.5) is 4.39 Å². The minimum Gasteiger partial charge on any atom is -0.336 e. The number of carbonyl (C=O) groups is 1. The molecule has 1 saturated heterocycles.